The van der Waals surface area contributed by atoms with E-state index in [1.165, 1.54) is 41.8 Å². The Hall–Kier alpha value is -0.0600. The summed E-state index contributed by atoms with van der Waals surface area (Å²) in [5.74, 6) is 0. The fraction of sp³-hybridized carbons (Fsp3) is 0. The van der Waals surface area contributed by atoms with Gasteiger partial charge >= 0.3 is 0 Å². The van der Waals surface area contributed by atoms with E-state index >= 15 is 0 Å². The van der Waals surface area contributed by atoms with Gasteiger partial charge in [0, 0.05) is 41.8 Å². The van der Waals surface area contributed by atoms with Crippen LogP contribution in [0, 0.1) is 0 Å². The molecular weight excluding hydrogens is 712 g/mol. The van der Waals surface area contributed by atoms with Crippen LogP contribution in [0.4, 0.5) is 0 Å². The van der Waals surface area contributed by atoms with Gasteiger partial charge in [0.1, 0.15) is 0 Å². The zero-order valence-electron chi connectivity index (χ0n) is 14.9. The predicted molar refractivity (Wildman–Crippen MR) is 150 cm³/mol. The SMILES string of the molecule is Brc1ccc(-c2cc(-c3ccc(Br)s3)c(-c3ccc(Br)s3)cc2-c2ccc(Br)s2)s1. The van der Waals surface area contributed by atoms with Gasteiger partial charge in [-0.1, -0.05) is 0 Å². The van der Waals surface area contributed by atoms with E-state index in [4.69, 9.17) is 0 Å². The minimum Gasteiger partial charge on any atom is -0.128 e. The summed E-state index contributed by atoms with van der Waals surface area (Å²) < 4.78 is 4.56. The molecule has 0 aliphatic rings. The van der Waals surface area contributed by atoms with Crippen molar-refractivity contribution in [2.24, 2.45) is 0 Å². The van der Waals surface area contributed by atoms with E-state index in [0.717, 1.165) is 15.1 Å². The summed E-state index contributed by atoms with van der Waals surface area (Å²) in [5, 5.41) is 0. The summed E-state index contributed by atoms with van der Waals surface area (Å²) in [6, 6.07) is 22.0. The van der Waals surface area contributed by atoms with E-state index in [9.17, 15) is 0 Å². The molecule has 4 aromatic heterocycles. The van der Waals surface area contributed by atoms with Crippen molar-refractivity contribution in [1.29, 1.82) is 0 Å². The lowest BCUT2D eigenvalue weighted by molar-refractivity contribution is 1.66. The minimum atomic E-state index is 1.14. The molecule has 1 aromatic carbocycles. The largest absolute Gasteiger partial charge is 0.128 e. The number of rotatable bonds is 4. The molecule has 4 heterocycles. The summed E-state index contributed by atoms with van der Waals surface area (Å²) in [6.45, 7) is 0. The van der Waals surface area contributed by atoms with Gasteiger partial charge in [-0.15, -0.1) is 45.3 Å². The molecule has 30 heavy (non-hydrogen) atoms. The third kappa shape index (κ3) is 4.39. The first kappa shape index (κ1) is 21.8. The Labute approximate surface area is 224 Å². The van der Waals surface area contributed by atoms with Crippen LogP contribution in [-0.4, -0.2) is 0 Å². The molecule has 150 valence electrons. The molecule has 0 nitrogen and oxygen atoms in total. The molecule has 0 radical (unpaired) electrons. The van der Waals surface area contributed by atoms with Crippen molar-refractivity contribution in [3.63, 3.8) is 0 Å². The standard InChI is InChI=1S/C22H10Br4S4/c23-19-5-1-15(27-19)11-9-13(17-3-7-21(25)29-17)14(18-4-8-22(26)30-18)10-12(11)16-2-6-20(24)28-16/h1-10H. The first-order valence-electron chi connectivity index (χ1n) is 8.69. The highest BCUT2D eigenvalue weighted by Crippen LogP contribution is 2.48. The van der Waals surface area contributed by atoms with Crippen LogP contribution in [0.5, 0.6) is 0 Å². The van der Waals surface area contributed by atoms with Crippen LogP contribution in [0.1, 0.15) is 0 Å². The Morgan fingerprint density at radius 2 is 0.600 bits per heavy atom. The molecule has 0 N–H and O–H groups in total. The number of benzene rings is 1. The molecule has 0 aliphatic heterocycles. The third-order valence-corrected chi connectivity index (χ3v) is 11.1. The maximum Gasteiger partial charge on any atom is 0.0705 e. The molecule has 0 spiro atoms. The van der Waals surface area contributed by atoms with Gasteiger partial charge in [0.15, 0.2) is 0 Å². The van der Waals surface area contributed by atoms with Crippen molar-refractivity contribution in [2.45, 2.75) is 0 Å². The van der Waals surface area contributed by atoms with Crippen molar-refractivity contribution >= 4 is 109 Å². The average Bonchev–Trinajstić information content (AvgIpc) is 3.50. The van der Waals surface area contributed by atoms with Gasteiger partial charge in [-0.2, -0.15) is 0 Å². The first-order valence-corrected chi connectivity index (χ1v) is 15.1. The maximum absolute atomic E-state index is 3.64. The molecule has 5 aromatic rings. The Balaban J connectivity index is 1.83. The Morgan fingerprint density at radius 3 is 0.767 bits per heavy atom. The quantitative estimate of drug-likeness (QED) is 0.173. The molecular formula is C22H10Br4S4. The van der Waals surface area contributed by atoms with Gasteiger partial charge < -0.3 is 0 Å². The highest BCUT2D eigenvalue weighted by molar-refractivity contribution is 9.11. The van der Waals surface area contributed by atoms with Crippen LogP contribution in [-0.2, 0) is 0 Å². The second kappa shape index (κ2) is 9.06. The van der Waals surface area contributed by atoms with E-state index in [2.05, 4.69) is 124 Å². The van der Waals surface area contributed by atoms with Crippen molar-refractivity contribution in [2.75, 3.05) is 0 Å². The van der Waals surface area contributed by atoms with Crippen molar-refractivity contribution in [3.05, 3.63) is 75.8 Å². The minimum absolute atomic E-state index is 1.14. The van der Waals surface area contributed by atoms with E-state index in [1.54, 1.807) is 45.3 Å². The van der Waals surface area contributed by atoms with E-state index in [1.807, 2.05) is 0 Å². The number of hydrogen-bond donors (Lipinski definition) is 0. The Kier molecular flexibility index (Phi) is 6.57. The molecule has 0 atom stereocenters. The van der Waals surface area contributed by atoms with Crippen LogP contribution in [0.25, 0.3) is 41.8 Å². The summed E-state index contributed by atoms with van der Waals surface area (Å²) in [4.78, 5) is 5.05. The Morgan fingerprint density at radius 1 is 0.367 bits per heavy atom. The lowest BCUT2D eigenvalue weighted by Crippen LogP contribution is -1.88. The molecule has 0 saturated heterocycles. The van der Waals surface area contributed by atoms with Gasteiger partial charge in [-0.25, -0.2) is 0 Å². The first-order chi connectivity index (χ1) is 14.5. The number of halogens is 4. The topological polar surface area (TPSA) is 0 Å². The maximum atomic E-state index is 3.64. The third-order valence-electron chi connectivity index (χ3n) is 4.51. The van der Waals surface area contributed by atoms with Gasteiger partial charge in [0.05, 0.1) is 15.1 Å². The molecule has 5 rings (SSSR count). The van der Waals surface area contributed by atoms with Crippen LogP contribution < -0.4 is 0 Å². The van der Waals surface area contributed by atoms with Crippen LogP contribution in [0.3, 0.4) is 0 Å². The van der Waals surface area contributed by atoms with Gasteiger partial charge in [0.25, 0.3) is 0 Å². The second-order valence-electron chi connectivity index (χ2n) is 6.36. The molecule has 0 fully saturated rings. The van der Waals surface area contributed by atoms with Gasteiger partial charge in [0.2, 0.25) is 0 Å². The highest BCUT2D eigenvalue weighted by Gasteiger charge is 2.19. The van der Waals surface area contributed by atoms with E-state index < -0.39 is 0 Å². The highest BCUT2D eigenvalue weighted by atomic mass is 79.9. The summed E-state index contributed by atoms with van der Waals surface area (Å²) in [5.41, 5.74) is 5.05. The zero-order chi connectivity index (χ0) is 20.8. The molecule has 8 heteroatoms. The van der Waals surface area contributed by atoms with Crippen molar-refractivity contribution in [1.82, 2.24) is 0 Å². The number of hydrogen-bond acceptors (Lipinski definition) is 4. The van der Waals surface area contributed by atoms with Gasteiger partial charge in [-0.05, 0) is 124 Å². The lowest BCUT2D eigenvalue weighted by atomic mass is 9.94. The van der Waals surface area contributed by atoms with Crippen molar-refractivity contribution < 1.29 is 0 Å². The fourth-order valence-electron chi connectivity index (χ4n) is 3.25. The molecule has 0 saturated carbocycles. The van der Waals surface area contributed by atoms with Crippen molar-refractivity contribution in [3.8, 4) is 41.8 Å². The van der Waals surface area contributed by atoms with E-state index in [0.29, 0.717) is 0 Å². The number of thiophene rings is 4. The molecule has 0 bridgehead atoms. The summed E-state index contributed by atoms with van der Waals surface area (Å²) in [7, 11) is 0. The van der Waals surface area contributed by atoms with E-state index in [-0.39, 0.29) is 0 Å². The monoisotopic (exact) mass is 718 g/mol. The smallest absolute Gasteiger partial charge is 0.0705 e. The molecule has 0 amide bonds. The zero-order valence-corrected chi connectivity index (χ0v) is 24.5. The molecule has 0 aliphatic carbocycles. The second-order valence-corrected chi connectivity index (χ2v) is 16.2. The predicted octanol–water partition coefficient (Wildman–Crippen LogP) is 11.7. The van der Waals surface area contributed by atoms with Crippen LogP contribution >= 0.6 is 109 Å². The van der Waals surface area contributed by atoms with Gasteiger partial charge in [-0.3, -0.25) is 0 Å². The molecule has 0 unspecified atom stereocenters. The fourth-order valence-corrected chi connectivity index (χ4v) is 8.92. The normalized spacial score (nSPS) is 11.3. The summed E-state index contributed by atoms with van der Waals surface area (Å²) >= 11 is 21.6. The Bertz CT molecular complexity index is 1150. The lowest BCUT2D eigenvalue weighted by Gasteiger charge is -2.14. The summed E-state index contributed by atoms with van der Waals surface area (Å²) in [6.07, 6.45) is 0. The van der Waals surface area contributed by atoms with Crippen LogP contribution in [0.15, 0.2) is 75.8 Å². The average molecular weight is 722 g/mol. The van der Waals surface area contributed by atoms with Crippen LogP contribution in [0.2, 0.25) is 0 Å².